The Kier molecular flexibility index (Phi) is 4.52. The maximum absolute atomic E-state index is 14.1. The minimum Gasteiger partial charge on any atom is -0.497 e. The van der Waals surface area contributed by atoms with Crippen LogP contribution in [0.5, 0.6) is 5.75 Å². The van der Waals surface area contributed by atoms with Crippen LogP contribution in [0, 0.1) is 0 Å². The monoisotopic (exact) mass is 449 g/mol. The summed E-state index contributed by atoms with van der Waals surface area (Å²) < 4.78 is 49.4. The second-order valence-corrected chi connectivity index (χ2v) is 8.84. The Morgan fingerprint density at radius 1 is 1.13 bits per heavy atom. The fraction of sp³-hybridized carbons (Fsp3) is 0.238. The van der Waals surface area contributed by atoms with E-state index in [1.54, 1.807) is 43.5 Å². The van der Waals surface area contributed by atoms with Crippen LogP contribution < -0.4 is 4.74 Å². The largest absolute Gasteiger partial charge is 0.497 e. The quantitative estimate of drug-likeness (QED) is 0.347. The first-order valence-corrected chi connectivity index (χ1v) is 10.5. The average molecular weight is 450 g/mol. The highest BCUT2D eigenvalue weighted by Gasteiger charge is 2.39. The minimum absolute atomic E-state index is 0.0249. The topological polar surface area (TPSA) is 39.9 Å². The Labute approximate surface area is 178 Å². The number of hydrogen-bond acceptors (Lipinski definition) is 4. The fourth-order valence-corrected chi connectivity index (χ4v) is 4.49. The van der Waals surface area contributed by atoms with Gasteiger partial charge in [-0.15, -0.1) is 11.3 Å². The number of rotatable bonds is 4. The summed E-state index contributed by atoms with van der Waals surface area (Å²) in [6.45, 7) is 0. The summed E-state index contributed by atoms with van der Waals surface area (Å²) in [7, 11) is 1.55. The maximum atomic E-state index is 14.1. The smallest absolute Gasteiger partial charge is 0.417 e. The molecule has 1 aromatic carbocycles. The van der Waals surface area contributed by atoms with Crippen molar-refractivity contribution in [2.24, 2.45) is 0 Å². The zero-order chi connectivity index (χ0) is 21.0. The molecular weight excluding hydrogens is 435 g/mol. The second-order valence-electron chi connectivity index (χ2n) is 7.12. The Balaban J connectivity index is 1.81. The highest BCUT2D eigenvalue weighted by Crippen LogP contribution is 2.47. The van der Waals surface area contributed by atoms with Gasteiger partial charge in [-0.1, -0.05) is 11.6 Å². The number of nitrogens with zero attached hydrogens (tertiary/aromatic N) is 3. The van der Waals surface area contributed by atoms with Crippen molar-refractivity contribution >= 4 is 34.0 Å². The lowest BCUT2D eigenvalue weighted by Crippen LogP contribution is -2.08. The molecule has 3 heterocycles. The summed E-state index contributed by atoms with van der Waals surface area (Å²) >= 11 is 7.20. The van der Waals surface area contributed by atoms with E-state index in [9.17, 15) is 13.2 Å². The lowest BCUT2D eigenvalue weighted by atomic mass is 10.1. The molecule has 1 aliphatic carbocycles. The third-order valence-corrected chi connectivity index (χ3v) is 6.33. The zero-order valence-electron chi connectivity index (χ0n) is 15.7. The van der Waals surface area contributed by atoms with Crippen molar-refractivity contribution < 1.29 is 17.9 Å². The molecule has 154 valence electrons. The average Bonchev–Trinajstić information content (AvgIpc) is 3.36. The lowest BCUT2D eigenvalue weighted by molar-refractivity contribution is -0.136. The van der Waals surface area contributed by atoms with Gasteiger partial charge in [0.25, 0.3) is 0 Å². The summed E-state index contributed by atoms with van der Waals surface area (Å²) in [5, 5.41) is 4.66. The van der Waals surface area contributed by atoms with E-state index in [2.05, 4.69) is 10.1 Å². The first kappa shape index (κ1) is 19.4. The number of alkyl halides is 3. The molecular formula is C21H15ClF3N3OS. The van der Waals surface area contributed by atoms with E-state index in [0.717, 1.165) is 18.9 Å². The molecule has 0 spiro atoms. The third-order valence-electron chi connectivity index (χ3n) is 5.08. The molecule has 1 saturated carbocycles. The van der Waals surface area contributed by atoms with Gasteiger partial charge < -0.3 is 4.74 Å². The second kappa shape index (κ2) is 6.99. The zero-order valence-corrected chi connectivity index (χ0v) is 17.3. The Bertz CT molecular complexity index is 1240. The van der Waals surface area contributed by atoms with E-state index in [1.807, 2.05) is 0 Å². The van der Waals surface area contributed by atoms with E-state index in [4.69, 9.17) is 16.3 Å². The lowest BCUT2D eigenvalue weighted by Gasteiger charge is -2.11. The summed E-state index contributed by atoms with van der Waals surface area (Å²) in [6.07, 6.45) is -2.88. The first-order chi connectivity index (χ1) is 14.3. The van der Waals surface area contributed by atoms with Crippen LogP contribution in [-0.4, -0.2) is 21.9 Å². The minimum atomic E-state index is -4.53. The van der Waals surface area contributed by atoms with Gasteiger partial charge in [-0.25, -0.2) is 9.67 Å². The van der Waals surface area contributed by atoms with E-state index < -0.39 is 11.7 Å². The van der Waals surface area contributed by atoms with Crippen molar-refractivity contribution in [3.8, 4) is 22.0 Å². The highest BCUT2D eigenvalue weighted by molar-refractivity contribution is 7.19. The molecule has 0 radical (unpaired) electrons. The molecule has 4 nitrogen and oxygen atoms in total. The SMILES string of the molecule is COc1ccc(-n2nc(C3CC3)c3c(C(F)(F)F)cc(-c4ccc(Cl)s4)nc32)cc1. The predicted octanol–water partition coefficient (Wildman–Crippen LogP) is 6.71. The predicted molar refractivity (Wildman–Crippen MR) is 111 cm³/mol. The molecule has 9 heteroatoms. The normalized spacial score (nSPS) is 14.4. The van der Waals surface area contributed by atoms with Crippen LogP contribution in [0.1, 0.15) is 30.0 Å². The molecule has 0 aliphatic heterocycles. The van der Waals surface area contributed by atoms with Crippen LogP contribution in [-0.2, 0) is 6.18 Å². The van der Waals surface area contributed by atoms with Crippen LogP contribution in [0.4, 0.5) is 13.2 Å². The summed E-state index contributed by atoms with van der Waals surface area (Å²) in [5.41, 5.74) is 0.778. The number of benzene rings is 1. The van der Waals surface area contributed by atoms with E-state index >= 15 is 0 Å². The number of aromatic nitrogens is 3. The summed E-state index contributed by atoms with van der Waals surface area (Å²) in [4.78, 5) is 5.18. The number of methoxy groups -OCH3 is 1. The van der Waals surface area contributed by atoms with Gasteiger partial charge in [0.2, 0.25) is 0 Å². The number of thiophene rings is 1. The number of hydrogen-bond donors (Lipinski definition) is 0. The van der Waals surface area contributed by atoms with Gasteiger partial charge in [-0.3, -0.25) is 0 Å². The van der Waals surface area contributed by atoms with Crippen molar-refractivity contribution in [2.45, 2.75) is 24.9 Å². The van der Waals surface area contributed by atoms with Crippen LogP contribution in [0.3, 0.4) is 0 Å². The van der Waals surface area contributed by atoms with Crippen LogP contribution >= 0.6 is 22.9 Å². The van der Waals surface area contributed by atoms with Crippen LogP contribution in [0.15, 0.2) is 42.5 Å². The van der Waals surface area contributed by atoms with Crippen molar-refractivity contribution in [2.75, 3.05) is 7.11 Å². The van der Waals surface area contributed by atoms with Gasteiger partial charge in [0.05, 0.1) is 44.3 Å². The van der Waals surface area contributed by atoms with E-state index in [0.29, 0.717) is 26.3 Å². The van der Waals surface area contributed by atoms with Crippen LogP contribution in [0.25, 0.3) is 27.3 Å². The number of ether oxygens (including phenoxy) is 1. The fourth-order valence-electron chi connectivity index (χ4n) is 3.49. The van der Waals surface area contributed by atoms with Crippen molar-refractivity contribution in [3.63, 3.8) is 0 Å². The van der Waals surface area contributed by atoms with Gasteiger partial charge in [-0.2, -0.15) is 18.3 Å². The van der Waals surface area contributed by atoms with Gasteiger partial charge in [-0.05, 0) is 55.3 Å². The Morgan fingerprint density at radius 2 is 1.87 bits per heavy atom. The number of pyridine rings is 1. The van der Waals surface area contributed by atoms with Crippen molar-refractivity contribution in [3.05, 3.63) is 58.1 Å². The molecule has 1 fully saturated rings. The Hall–Kier alpha value is -2.58. The number of halogens is 4. The van der Waals surface area contributed by atoms with Crippen molar-refractivity contribution in [1.29, 1.82) is 0 Å². The van der Waals surface area contributed by atoms with Crippen molar-refractivity contribution in [1.82, 2.24) is 14.8 Å². The van der Waals surface area contributed by atoms with Gasteiger partial charge in [0, 0.05) is 5.92 Å². The molecule has 3 aromatic heterocycles. The molecule has 0 unspecified atom stereocenters. The molecule has 30 heavy (non-hydrogen) atoms. The van der Waals surface area contributed by atoms with E-state index in [-0.39, 0.29) is 22.6 Å². The molecule has 0 saturated heterocycles. The van der Waals surface area contributed by atoms with Gasteiger partial charge in [0.1, 0.15) is 5.75 Å². The van der Waals surface area contributed by atoms with E-state index in [1.165, 1.54) is 16.0 Å². The molecule has 0 bridgehead atoms. The van der Waals surface area contributed by atoms with Gasteiger partial charge in [0.15, 0.2) is 5.65 Å². The maximum Gasteiger partial charge on any atom is 0.417 e. The summed E-state index contributed by atoms with van der Waals surface area (Å²) in [5.74, 6) is 0.674. The third kappa shape index (κ3) is 3.33. The summed E-state index contributed by atoms with van der Waals surface area (Å²) in [6, 6.07) is 11.4. The molecule has 4 aromatic rings. The standard InChI is InChI=1S/C21H15ClF3N3OS/c1-29-13-6-4-12(5-7-13)28-20-18(19(27-28)11-2-3-11)14(21(23,24)25)10-15(26-20)16-8-9-17(22)30-16/h4-11H,2-3H2,1H3. The van der Waals surface area contributed by atoms with Gasteiger partial charge >= 0.3 is 6.18 Å². The molecule has 0 N–H and O–H groups in total. The Morgan fingerprint density at radius 3 is 2.43 bits per heavy atom. The first-order valence-electron chi connectivity index (χ1n) is 9.26. The highest BCUT2D eigenvalue weighted by atomic mass is 35.5. The number of fused-ring (bicyclic) bond motifs is 1. The van der Waals surface area contributed by atoms with Crippen LogP contribution in [0.2, 0.25) is 4.34 Å². The molecule has 0 atom stereocenters. The molecule has 0 amide bonds. The molecule has 1 aliphatic rings. The molecule has 5 rings (SSSR count).